The maximum absolute atomic E-state index is 11.4. The second-order valence-electron chi connectivity index (χ2n) is 1.47. The van der Waals surface area contributed by atoms with Gasteiger partial charge < -0.3 is 5.73 Å². The Bertz CT molecular complexity index is 136. The van der Waals surface area contributed by atoms with E-state index in [-0.39, 0.29) is 29.1 Å². The summed E-state index contributed by atoms with van der Waals surface area (Å²) in [6.45, 7) is -1.19. The fourth-order valence-electron chi connectivity index (χ4n) is 0.232. The van der Waals surface area contributed by atoms with Crippen LogP contribution in [-0.4, -0.2) is 24.1 Å². The third-order valence-electron chi connectivity index (χ3n) is 0.623. The monoisotopic (exact) mass is 300 g/mol. The Balaban J connectivity index is 0. The second-order valence-corrected chi connectivity index (χ2v) is 2.30. The molecular formula is C4H8F3IN2S. The minimum absolute atomic E-state index is 0. The molecule has 0 aliphatic heterocycles. The lowest BCUT2D eigenvalue weighted by atomic mass is 10.7. The van der Waals surface area contributed by atoms with Gasteiger partial charge in [-0.25, -0.2) is 0 Å². The first kappa shape index (κ1) is 13.9. The molecular weight excluding hydrogens is 292 g/mol. The first-order chi connectivity index (χ1) is 4.45. The summed E-state index contributed by atoms with van der Waals surface area (Å²) < 4.78 is 34.1. The number of nitrogens with zero attached hydrogens (tertiary/aromatic N) is 1. The molecule has 0 aromatic rings. The van der Waals surface area contributed by atoms with Crippen molar-refractivity contribution in [1.29, 1.82) is 0 Å². The molecule has 11 heavy (non-hydrogen) atoms. The molecule has 0 aliphatic rings. The number of amidine groups is 1. The van der Waals surface area contributed by atoms with E-state index in [0.717, 1.165) is 11.8 Å². The summed E-state index contributed by atoms with van der Waals surface area (Å²) >= 11 is 0.993. The van der Waals surface area contributed by atoms with Crippen molar-refractivity contribution >= 4 is 40.9 Å². The summed E-state index contributed by atoms with van der Waals surface area (Å²) in [6, 6.07) is 0. The third-order valence-corrected chi connectivity index (χ3v) is 1.17. The summed E-state index contributed by atoms with van der Waals surface area (Å²) in [5.74, 6) is 0. The van der Waals surface area contributed by atoms with Crippen molar-refractivity contribution in [2.45, 2.75) is 6.18 Å². The van der Waals surface area contributed by atoms with Crippen molar-refractivity contribution in [3.05, 3.63) is 0 Å². The van der Waals surface area contributed by atoms with E-state index < -0.39 is 12.7 Å². The molecule has 0 fully saturated rings. The Labute approximate surface area is 83.8 Å². The zero-order chi connectivity index (χ0) is 8.20. The highest BCUT2D eigenvalue weighted by Gasteiger charge is 2.26. The maximum Gasteiger partial charge on any atom is 0.408 e. The average molecular weight is 300 g/mol. The molecule has 0 radical (unpaired) electrons. The first-order valence-corrected chi connectivity index (χ1v) is 3.59. The van der Waals surface area contributed by atoms with Crippen LogP contribution in [0.4, 0.5) is 13.2 Å². The molecule has 0 rings (SSSR count). The molecule has 0 atom stereocenters. The Hall–Kier alpha value is 0.340. The van der Waals surface area contributed by atoms with Crippen molar-refractivity contribution in [1.82, 2.24) is 0 Å². The largest absolute Gasteiger partial charge is 0.408 e. The highest BCUT2D eigenvalue weighted by Crippen LogP contribution is 2.14. The van der Waals surface area contributed by atoms with Crippen molar-refractivity contribution in [2.75, 3.05) is 12.8 Å². The van der Waals surface area contributed by atoms with E-state index in [9.17, 15) is 13.2 Å². The molecule has 0 heterocycles. The van der Waals surface area contributed by atoms with Crippen LogP contribution in [0.15, 0.2) is 4.99 Å². The molecule has 0 unspecified atom stereocenters. The zero-order valence-corrected chi connectivity index (χ0v) is 8.83. The zero-order valence-electron chi connectivity index (χ0n) is 5.68. The number of rotatable bonds is 1. The van der Waals surface area contributed by atoms with Crippen molar-refractivity contribution in [3.8, 4) is 0 Å². The van der Waals surface area contributed by atoms with Gasteiger partial charge in [-0.2, -0.15) is 13.2 Å². The van der Waals surface area contributed by atoms with Gasteiger partial charge in [0.25, 0.3) is 0 Å². The molecule has 0 spiro atoms. The standard InChI is InChI=1S/C4H7F3N2S.HI/c1-10-3(8)9-2-4(5,6)7;/h2H2,1H3,(H2,8,9);1H. The lowest BCUT2D eigenvalue weighted by Crippen LogP contribution is -2.16. The Morgan fingerprint density at radius 1 is 1.55 bits per heavy atom. The van der Waals surface area contributed by atoms with Gasteiger partial charge in [-0.05, 0) is 6.26 Å². The minimum Gasteiger partial charge on any atom is -0.379 e. The molecule has 68 valence electrons. The van der Waals surface area contributed by atoms with Crippen LogP contribution < -0.4 is 5.73 Å². The fourth-order valence-corrected chi connectivity index (χ4v) is 0.426. The van der Waals surface area contributed by atoms with Crippen LogP contribution in [0.2, 0.25) is 0 Å². The third kappa shape index (κ3) is 10.3. The fraction of sp³-hybridized carbons (Fsp3) is 0.750. The number of aliphatic imine (C=N–C) groups is 1. The van der Waals surface area contributed by atoms with Crippen molar-refractivity contribution in [3.63, 3.8) is 0 Å². The van der Waals surface area contributed by atoms with Crippen LogP contribution in [0.1, 0.15) is 0 Å². The summed E-state index contributed by atoms with van der Waals surface area (Å²) in [5, 5.41) is -0.0441. The maximum atomic E-state index is 11.4. The highest BCUT2D eigenvalue weighted by molar-refractivity contribution is 14.0. The minimum atomic E-state index is -4.25. The van der Waals surface area contributed by atoms with Gasteiger partial charge in [0.05, 0.1) is 0 Å². The molecule has 0 saturated heterocycles. The van der Waals surface area contributed by atoms with Crippen molar-refractivity contribution in [2.24, 2.45) is 10.7 Å². The molecule has 0 saturated carbocycles. The van der Waals surface area contributed by atoms with E-state index in [1.165, 1.54) is 0 Å². The predicted molar refractivity (Wildman–Crippen MR) is 51.5 cm³/mol. The van der Waals surface area contributed by atoms with E-state index in [1.54, 1.807) is 6.26 Å². The average Bonchev–Trinajstić information content (AvgIpc) is 1.81. The quantitative estimate of drug-likeness (QED) is 0.456. The van der Waals surface area contributed by atoms with Gasteiger partial charge in [-0.1, -0.05) is 11.8 Å². The van der Waals surface area contributed by atoms with Crippen LogP contribution in [-0.2, 0) is 0 Å². The topological polar surface area (TPSA) is 38.4 Å². The van der Waals surface area contributed by atoms with Gasteiger partial charge in [-0.15, -0.1) is 24.0 Å². The van der Waals surface area contributed by atoms with Gasteiger partial charge in [0.1, 0.15) is 6.54 Å². The summed E-state index contributed by atoms with van der Waals surface area (Å²) in [7, 11) is 0. The second kappa shape index (κ2) is 5.92. The number of nitrogens with two attached hydrogens (primary N) is 1. The molecule has 2 N–H and O–H groups in total. The number of thioether (sulfide) groups is 1. The van der Waals surface area contributed by atoms with Crippen LogP contribution >= 0.6 is 35.7 Å². The van der Waals surface area contributed by atoms with Gasteiger partial charge in [0.15, 0.2) is 5.17 Å². The highest BCUT2D eigenvalue weighted by atomic mass is 127. The van der Waals surface area contributed by atoms with E-state index >= 15 is 0 Å². The van der Waals surface area contributed by atoms with Crippen LogP contribution in [0, 0.1) is 0 Å². The van der Waals surface area contributed by atoms with Crippen LogP contribution in [0.3, 0.4) is 0 Å². The molecule has 0 aromatic heterocycles. The predicted octanol–water partition coefficient (Wildman–Crippen LogP) is 1.84. The Kier molecular flexibility index (Phi) is 7.48. The number of halogens is 4. The van der Waals surface area contributed by atoms with E-state index in [1.807, 2.05) is 0 Å². The molecule has 0 bridgehead atoms. The molecule has 2 nitrogen and oxygen atoms in total. The first-order valence-electron chi connectivity index (χ1n) is 2.36. The normalized spacial score (nSPS) is 12.5. The lowest BCUT2D eigenvalue weighted by molar-refractivity contribution is -0.118. The lowest BCUT2D eigenvalue weighted by Gasteiger charge is -2.01. The number of hydrogen-bond donors (Lipinski definition) is 1. The van der Waals surface area contributed by atoms with E-state index in [0.29, 0.717) is 0 Å². The summed E-state index contributed by atoms with van der Waals surface area (Å²) in [4.78, 5) is 3.05. The summed E-state index contributed by atoms with van der Waals surface area (Å²) in [5.41, 5.74) is 4.99. The van der Waals surface area contributed by atoms with E-state index in [2.05, 4.69) is 4.99 Å². The van der Waals surface area contributed by atoms with Crippen LogP contribution in [0.5, 0.6) is 0 Å². The number of alkyl halides is 3. The van der Waals surface area contributed by atoms with Crippen LogP contribution in [0.25, 0.3) is 0 Å². The van der Waals surface area contributed by atoms with Crippen molar-refractivity contribution < 1.29 is 13.2 Å². The van der Waals surface area contributed by atoms with E-state index in [4.69, 9.17) is 5.73 Å². The SMILES string of the molecule is CSC(N)=NCC(F)(F)F.I. The number of hydrogen-bond acceptors (Lipinski definition) is 2. The molecule has 0 aliphatic carbocycles. The van der Waals surface area contributed by atoms with Gasteiger partial charge in [0, 0.05) is 0 Å². The summed E-state index contributed by atoms with van der Waals surface area (Å²) in [6.07, 6.45) is -2.68. The Morgan fingerprint density at radius 2 is 2.00 bits per heavy atom. The smallest absolute Gasteiger partial charge is 0.379 e. The molecule has 0 aromatic carbocycles. The Morgan fingerprint density at radius 3 is 2.27 bits per heavy atom. The van der Waals surface area contributed by atoms with Gasteiger partial charge in [-0.3, -0.25) is 4.99 Å². The van der Waals surface area contributed by atoms with Gasteiger partial charge in [0.2, 0.25) is 0 Å². The molecule has 7 heteroatoms. The molecule has 0 amide bonds. The van der Waals surface area contributed by atoms with Gasteiger partial charge >= 0.3 is 6.18 Å².